The Morgan fingerprint density at radius 1 is 1.55 bits per heavy atom. The molecule has 1 unspecified atom stereocenters. The van der Waals surface area contributed by atoms with Gasteiger partial charge >= 0.3 is 0 Å². The average molecular weight is 311 g/mol. The lowest BCUT2D eigenvalue weighted by molar-refractivity contribution is -0.127. The van der Waals surface area contributed by atoms with Crippen LogP contribution in [0, 0.1) is 6.92 Å². The van der Waals surface area contributed by atoms with E-state index in [4.69, 9.17) is 16.3 Å². The number of ether oxygens (including phenoxy) is 1. The van der Waals surface area contributed by atoms with E-state index >= 15 is 0 Å². The molecule has 6 heteroatoms. The number of aromatic nitrogens is 1. The van der Waals surface area contributed by atoms with E-state index in [2.05, 4.69) is 10.3 Å². The van der Waals surface area contributed by atoms with Gasteiger partial charge in [-0.25, -0.2) is 4.98 Å². The van der Waals surface area contributed by atoms with Crippen molar-refractivity contribution in [2.24, 2.45) is 0 Å². The summed E-state index contributed by atoms with van der Waals surface area (Å²) in [5.41, 5.74) is 0.961. The Balaban J connectivity index is 1.85. The maximum Gasteiger partial charge on any atom is 0.261 e. The van der Waals surface area contributed by atoms with Gasteiger partial charge in [0.1, 0.15) is 10.8 Å². The summed E-state index contributed by atoms with van der Waals surface area (Å²) in [6, 6.07) is 6.97. The molecule has 1 N–H and O–H groups in total. The average Bonchev–Trinajstić information content (AvgIpc) is 2.81. The van der Waals surface area contributed by atoms with Crippen LogP contribution in [0.15, 0.2) is 29.6 Å². The summed E-state index contributed by atoms with van der Waals surface area (Å²) in [4.78, 5) is 16.2. The predicted molar refractivity (Wildman–Crippen MR) is 80.2 cm³/mol. The van der Waals surface area contributed by atoms with Gasteiger partial charge in [0.2, 0.25) is 0 Å². The molecule has 2 rings (SSSR count). The molecule has 0 fully saturated rings. The van der Waals surface area contributed by atoms with Crippen molar-refractivity contribution in [3.63, 3.8) is 0 Å². The van der Waals surface area contributed by atoms with E-state index in [1.807, 2.05) is 12.3 Å². The van der Waals surface area contributed by atoms with Crippen LogP contribution < -0.4 is 10.1 Å². The van der Waals surface area contributed by atoms with Crippen LogP contribution in [0.1, 0.15) is 17.6 Å². The highest BCUT2D eigenvalue weighted by molar-refractivity contribution is 7.09. The molecule has 0 aliphatic rings. The molecule has 0 spiro atoms. The van der Waals surface area contributed by atoms with Gasteiger partial charge in [0, 0.05) is 16.1 Å². The van der Waals surface area contributed by atoms with Gasteiger partial charge in [-0.15, -0.1) is 11.3 Å². The number of aryl methyl sites for hydroxylation is 1. The van der Waals surface area contributed by atoms with Crippen molar-refractivity contribution in [3.05, 3.63) is 45.4 Å². The Hall–Kier alpha value is -1.59. The number of halogens is 1. The number of nitrogens with one attached hydrogen (secondary N) is 1. The maximum atomic E-state index is 11.9. The molecule has 0 bridgehead atoms. The van der Waals surface area contributed by atoms with E-state index in [0.29, 0.717) is 17.3 Å². The van der Waals surface area contributed by atoms with Gasteiger partial charge in [-0.1, -0.05) is 17.7 Å². The summed E-state index contributed by atoms with van der Waals surface area (Å²) < 4.78 is 5.54. The first kappa shape index (κ1) is 14.8. The lowest BCUT2D eigenvalue weighted by Crippen LogP contribution is -2.35. The van der Waals surface area contributed by atoms with Gasteiger partial charge in [-0.3, -0.25) is 4.79 Å². The van der Waals surface area contributed by atoms with Crippen LogP contribution >= 0.6 is 22.9 Å². The van der Waals surface area contributed by atoms with Gasteiger partial charge in [0.25, 0.3) is 5.91 Å². The number of carbonyl (C=O) groups is 1. The first-order valence-corrected chi connectivity index (χ1v) is 7.41. The molecular formula is C14H15ClN2O2S. The second-order valence-corrected chi connectivity index (χ2v) is 5.70. The summed E-state index contributed by atoms with van der Waals surface area (Å²) in [5, 5.41) is 6.21. The Morgan fingerprint density at radius 2 is 2.35 bits per heavy atom. The lowest BCUT2D eigenvalue weighted by Gasteiger charge is -2.14. The van der Waals surface area contributed by atoms with Gasteiger partial charge in [0.05, 0.1) is 6.54 Å². The molecule has 0 aliphatic carbocycles. The lowest BCUT2D eigenvalue weighted by atomic mass is 10.3. The summed E-state index contributed by atoms with van der Waals surface area (Å²) >= 11 is 7.39. The molecule has 0 saturated carbocycles. The number of carbonyl (C=O) groups excluding carboxylic acids is 1. The van der Waals surface area contributed by atoms with Crippen LogP contribution in [0.25, 0.3) is 0 Å². The molecule has 4 nitrogen and oxygen atoms in total. The van der Waals surface area contributed by atoms with Crippen LogP contribution in [-0.4, -0.2) is 17.0 Å². The number of benzene rings is 1. The van der Waals surface area contributed by atoms with E-state index in [1.54, 1.807) is 31.2 Å². The molecule has 0 saturated heterocycles. The van der Waals surface area contributed by atoms with Crippen molar-refractivity contribution >= 4 is 28.8 Å². The smallest absolute Gasteiger partial charge is 0.261 e. The van der Waals surface area contributed by atoms with Crippen molar-refractivity contribution < 1.29 is 9.53 Å². The zero-order valence-electron chi connectivity index (χ0n) is 11.2. The first-order valence-electron chi connectivity index (χ1n) is 6.15. The summed E-state index contributed by atoms with van der Waals surface area (Å²) in [7, 11) is 0. The van der Waals surface area contributed by atoms with E-state index in [1.165, 1.54) is 11.3 Å². The van der Waals surface area contributed by atoms with Crippen LogP contribution in [0.2, 0.25) is 5.02 Å². The van der Waals surface area contributed by atoms with Crippen molar-refractivity contribution in [1.29, 1.82) is 0 Å². The minimum atomic E-state index is -0.588. The van der Waals surface area contributed by atoms with Crippen molar-refractivity contribution in [2.75, 3.05) is 0 Å². The van der Waals surface area contributed by atoms with Crippen LogP contribution in [0.3, 0.4) is 0 Å². The molecule has 20 heavy (non-hydrogen) atoms. The molecule has 1 amide bonds. The number of amides is 1. The van der Waals surface area contributed by atoms with Gasteiger partial charge in [-0.2, -0.15) is 0 Å². The normalized spacial score (nSPS) is 11.9. The Bertz CT molecular complexity index is 600. The van der Waals surface area contributed by atoms with Gasteiger partial charge in [0.15, 0.2) is 6.10 Å². The second kappa shape index (κ2) is 6.72. The molecule has 1 aromatic heterocycles. The fraction of sp³-hybridized carbons (Fsp3) is 0.286. The van der Waals surface area contributed by atoms with E-state index in [9.17, 15) is 4.79 Å². The zero-order chi connectivity index (χ0) is 14.5. The van der Waals surface area contributed by atoms with Gasteiger partial charge < -0.3 is 10.1 Å². The van der Waals surface area contributed by atoms with E-state index in [-0.39, 0.29) is 5.91 Å². The highest BCUT2D eigenvalue weighted by Gasteiger charge is 2.14. The minimum absolute atomic E-state index is 0.183. The first-order chi connectivity index (χ1) is 9.54. The largest absolute Gasteiger partial charge is 0.481 e. The minimum Gasteiger partial charge on any atom is -0.481 e. The zero-order valence-corrected chi connectivity index (χ0v) is 12.8. The fourth-order valence-corrected chi connectivity index (χ4v) is 2.48. The fourth-order valence-electron chi connectivity index (χ4n) is 1.59. The molecular weight excluding hydrogens is 296 g/mol. The number of hydrogen-bond donors (Lipinski definition) is 1. The molecule has 106 valence electrons. The Kier molecular flexibility index (Phi) is 4.98. The number of nitrogens with zero attached hydrogens (tertiary/aromatic N) is 1. The van der Waals surface area contributed by atoms with Gasteiger partial charge in [-0.05, 0) is 32.0 Å². The maximum absolute atomic E-state index is 11.9. The highest BCUT2D eigenvalue weighted by Crippen LogP contribution is 2.18. The summed E-state index contributed by atoms with van der Waals surface area (Å²) in [6.07, 6.45) is -0.588. The number of thiazole rings is 1. The number of hydrogen-bond acceptors (Lipinski definition) is 4. The van der Waals surface area contributed by atoms with Crippen molar-refractivity contribution in [2.45, 2.75) is 26.5 Å². The van der Waals surface area contributed by atoms with Crippen LogP contribution in [0.5, 0.6) is 5.75 Å². The summed E-state index contributed by atoms with van der Waals surface area (Å²) in [6.45, 7) is 4.04. The molecule has 2 aromatic rings. The molecule has 0 radical (unpaired) electrons. The van der Waals surface area contributed by atoms with Crippen molar-refractivity contribution in [1.82, 2.24) is 10.3 Å². The second-order valence-electron chi connectivity index (χ2n) is 4.32. The third kappa shape index (κ3) is 4.21. The Morgan fingerprint density at radius 3 is 3.00 bits per heavy atom. The standard InChI is InChI=1S/C14H15ClN2O2S/c1-9-8-20-13(17-9)7-16-14(18)10(2)19-12-5-3-4-11(15)6-12/h3-6,8,10H,7H2,1-2H3,(H,16,18). The molecule has 0 aliphatic heterocycles. The summed E-state index contributed by atoms with van der Waals surface area (Å²) in [5.74, 6) is 0.392. The van der Waals surface area contributed by atoms with Crippen LogP contribution in [-0.2, 0) is 11.3 Å². The molecule has 1 atom stereocenters. The Labute approximate surface area is 126 Å². The van der Waals surface area contributed by atoms with Crippen molar-refractivity contribution in [3.8, 4) is 5.75 Å². The third-order valence-electron chi connectivity index (χ3n) is 2.56. The predicted octanol–water partition coefficient (Wildman–Crippen LogP) is 3.19. The quantitative estimate of drug-likeness (QED) is 0.922. The molecule has 1 heterocycles. The third-order valence-corrected chi connectivity index (χ3v) is 3.76. The monoisotopic (exact) mass is 310 g/mol. The van der Waals surface area contributed by atoms with Crippen LogP contribution in [0.4, 0.5) is 0 Å². The number of rotatable bonds is 5. The SMILES string of the molecule is Cc1csc(CNC(=O)C(C)Oc2cccc(Cl)c2)n1. The highest BCUT2D eigenvalue weighted by atomic mass is 35.5. The van der Waals surface area contributed by atoms with E-state index < -0.39 is 6.10 Å². The van der Waals surface area contributed by atoms with E-state index in [0.717, 1.165) is 10.7 Å². The molecule has 1 aromatic carbocycles. The topological polar surface area (TPSA) is 51.2 Å².